The third-order valence-electron chi connectivity index (χ3n) is 4.45. The Morgan fingerprint density at radius 3 is 2.60 bits per heavy atom. The number of nitrogens with zero attached hydrogens (tertiary/aromatic N) is 2. The highest BCUT2D eigenvalue weighted by Crippen LogP contribution is 2.21. The quantitative estimate of drug-likeness (QED) is 0.584. The smallest absolute Gasteiger partial charge is 0.266 e. The summed E-state index contributed by atoms with van der Waals surface area (Å²) in [6.45, 7) is 2.87. The van der Waals surface area contributed by atoms with Gasteiger partial charge >= 0.3 is 0 Å². The van der Waals surface area contributed by atoms with Gasteiger partial charge in [-0.1, -0.05) is 12.1 Å². The minimum Gasteiger partial charge on any atom is -0.497 e. The van der Waals surface area contributed by atoms with Gasteiger partial charge < -0.3 is 14.8 Å². The molecule has 0 radical (unpaired) electrons. The summed E-state index contributed by atoms with van der Waals surface area (Å²) in [7, 11) is 1.60. The molecule has 7 heteroatoms. The highest BCUT2D eigenvalue weighted by Gasteiger charge is 2.07. The highest BCUT2D eigenvalue weighted by molar-refractivity contribution is 5.90. The van der Waals surface area contributed by atoms with Crippen LogP contribution in [0.4, 0.5) is 5.69 Å². The van der Waals surface area contributed by atoms with Crippen LogP contribution < -0.4 is 20.3 Å². The van der Waals surface area contributed by atoms with Crippen LogP contribution in [0.3, 0.4) is 0 Å². The zero-order valence-corrected chi connectivity index (χ0v) is 17.1. The van der Waals surface area contributed by atoms with E-state index in [9.17, 15) is 9.59 Å². The number of anilines is 1. The average molecular weight is 407 g/mol. The van der Waals surface area contributed by atoms with Gasteiger partial charge in [0, 0.05) is 30.3 Å². The minimum atomic E-state index is -0.200. The van der Waals surface area contributed by atoms with Gasteiger partial charge in [-0.2, -0.15) is 5.10 Å². The first-order valence-corrected chi connectivity index (χ1v) is 9.84. The number of aryl methyl sites for hydroxylation is 1. The molecule has 1 heterocycles. The molecule has 0 atom stereocenters. The van der Waals surface area contributed by atoms with E-state index < -0.39 is 0 Å². The number of hydrogen-bond donors (Lipinski definition) is 1. The number of carbonyl (C=O) groups is 1. The van der Waals surface area contributed by atoms with Crippen LogP contribution in [0.2, 0.25) is 0 Å². The maximum atomic E-state index is 12.2. The van der Waals surface area contributed by atoms with Crippen LogP contribution in [0.1, 0.15) is 19.8 Å². The zero-order chi connectivity index (χ0) is 21.3. The summed E-state index contributed by atoms with van der Waals surface area (Å²) >= 11 is 0. The molecule has 3 aromatic rings. The Bertz CT molecular complexity index is 1040. The summed E-state index contributed by atoms with van der Waals surface area (Å²) in [5, 5.41) is 7.27. The first kappa shape index (κ1) is 21.1. The Morgan fingerprint density at radius 1 is 1.07 bits per heavy atom. The second kappa shape index (κ2) is 10.2. The Kier molecular flexibility index (Phi) is 7.21. The van der Waals surface area contributed by atoms with Gasteiger partial charge in [0.2, 0.25) is 5.91 Å². The summed E-state index contributed by atoms with van der Waals surface area (Å²) in [5.74, 6) is 1.37. The molecule has 0 aliphatic rings. The van der Waals surface area contributed by atoms with E-state index in [1.54, 1.807) is 25.3 Å². The average Bonchev–Trinajstić information content (AvgIpc) is 2.76. The number of ether oxygens (including phenoxy) is 2. The topological polar surface area (TPSA) is 82.4 Å². The number of hydrogen-bond acceptors (Lipinski definition) is 5. The highest BCUT2D eigenvalue weighted by atomic mass is 16.5. The summed E-state index contributed by atoms with van der Waals surface area (Å²) in [6, 6.07) is 17.9. The molecule has 156 valence electrons. The SMILES string of the molecule is CCOc1ccc(NC(=O)CCCn2nc(-c3cccc(OC)c3)ccc2=O)cc1. The maximum Gasteiger partial charge on any atom is 0.266 e. The molecule has 7 nitrogen and oxygen atoms in total. The van der Waals surface area contributed by atoms with Gasteiger partial charge in [0.05, 0.1) is 19.4 Å². The first-order valence-electron chi connectivity index (χ1n) is 9.84. The second-order valence-electron chi connectivity index (χ2n) is 6.62. The third kappa shape index (κ3) is 5.70. The number of amides is 1. The van der Waals surface area contributed by atoms with Crippen LogP contribution in [-0.4, -0.2) is 29.4 Å². The molecule has 0 spiro atoms. The minimum absolute atomic E-state index is 0.115. The summed E-state index contributed by atoms with van der Waals surface area (Å²) in [5.41, 5.74) is 2.04. The molecule has 0 fully saturated rings. The van der Waals surface area contributed by atoms with Crippen molar-refractivity contribution >= 4 is 11.6 Å². The molecule has 1 aromatic heterocycles. The molecule has 0 unspecified atom stereocenters. The van der Waals surface area contributed by atoms with E-state index in [2.05, 4.69) is 10.4 Å². The Morgan fingerprint density at radius 2 is 1.87 bits per heavy atom. The molecular weight excluding hydrogens is 382 g/mol. The monoisotopic (exact) mass is 407 g/mol. The predicted octanol–water partition coefficient (Wildman–Crippen LogP) is 3.74. The fourth-order valence-corrected chi connectivity index (χ4v) is 2.96. The van der Waals surface area contributed by atoms with E-state index >= 15 is 0 Å². The van der Waals surface area contributed by atoms with Crippen LogP contribution >= 0.6 is 0 Å². The third-order valence-corrected chi connectivity index (χ3v) is 4.45. The molecule has 0 bridgehead atoms. The number of benzene rings is 2. The predicted molar refractivity (Wildman–Crippen MR) is 116 cm³/mol. The van der Waals surface area contributed by atoms with Gasteiger partial charge in [0.25, 0.3) is 5.56 Å². The van der Waals surface area contributed by atoms with Crippen molar-refractivity contribution in [1.29, 1.82) is 0 Å². The van der Waals surface area contributed by atoms with E-state index in [1.807, 2.05) is 43.3 Å². The van der Waals surface area contributed by atoms with E-state index in [0.717, 1.165) is 17.1 Å². The largest absolute Gasteiger partial charge is 0.497 e. The molecule has 0 saturated carbocycles. The van der Waals surface area contributed by atoms with E-state index in [1.165, 1.54) is 10.7 Å². The first-order chi connectivity index (χ1) is 14.6. The standard InChI is InChI=1S/C23H25N3O4/c1-3-30-19-11-9-18(10-12-19)24-22(27)8-5-15-26-23(28)14-13-21(25-26)17-6-4-7-20(16-17)29-2/h4,6-7,9-14,16H,3,5,8,15H2,1-2H3,(H,24,27). The lowest BCUT2D eigenvalue weighted by Gasteiger charge is -2.09. The molecule has 1 amide bonds. The van der Waals surface area contributed by atoms with Crippen LogP contribution in [0, 0.1) is 0 Å². The van der Waals surface area contributed by atoms with Gasteiger partial charge in [-0.15, -0.1) is 0 Å². The number of carbonyl (C=O) groups excluding carboxylic acids is 1. The fraction of sp³-hybridized carbons (Fsp3) is 0.261. The van der Waals surface area contributed by atoms with Gasteiger partial charge in [-0.25, -0.2) is 4.68 Å². The van der Waals surface area contributed by atoms with E-state index in [-0.39, 0.29) is 17.9 Å². The molecule has 0 aliphatic heterocycles. The second-order valence-corrected chi connectivity index (χ2v) is 6.62. The molecule has 3 rings (SSSR count). The molecule has 0 saturated heterocycles. The van der Waals surface area contributed by atoms with Crippen molar-refractivity contribution in [2.45, 2.75) is 26.3 Å². The van der Waals surface area contributed by atoms with Crippen LogP contribution in [-0.2, 0) is 11.3 Å². The number of rotatable bonds is 9. The summed E-state index contributed by atoms with van der Waals surface area (Å²) in [6.07, 6.45) is 0.780. The van der Waals surface area contributed by atoms with Crippen molar-refractivity contribution in [2.75, 3.05) is 19.0 Å². The van der Waals surface area contributed by atoms with Gasteiger partial charge in [-0.3, -0.25) is 9.59 Å². The normalized spacial score (nSPS) is 10.5. The van der Waals surface area contributed by atoms with Crippen LogP contribution in [0.15, 0.2) is 65.5 Å². The Balaban J connectivity index is 1.57. The molecule has 2 aromatic carbocycles. The van der Waals surface area contributed by atoms with Crippen molar-refractivity contribution in [3.8, 4) is 22.8 Å². The Labute approximate surface area is 175 Å². The zero-order valence-electron chi connectivity index (χ0n) is 17.1. The molecular formula is C23H25N3O4. The number of methoxy groups -OCH3 is 1. The van der Waals surface area contributed by atoms with Crippen molar-refractivity contribution in [3.05, 3.63) is 71.0 Å². The van der Waals surface area contributed by atoms with Gasteiger partial charge in [-0.05, 0) is 55.8 Å². The van der Waals surface area contributed by atoms with E-state index in [4.69, 9.17) is 9.47 Å². The molecule has 30 heavy (non-hydrogen) atoms. The lowest BCUT2D eigenvalue weighted by atomic mass is 10.1. The van der Waals surface area contributed by atoms with Crippen LogP contribution in [0.5, 0.6) is 11.5 Å². The van der Waals surface area contributed by atoms with E-state index in [0.29, 0.717) is 31.0 Å². The lowest BCUT2D eigenvalue weighted by molar-refractivity contribution is -0.116. The molecule has 0 aliphatic carbocycles. The number of nitrogens with one attached hydrogen (secondary N) is 1. The lowest BCUT2D eigenvalue weighted by Crippen LogP contribution is -2.23. The van der Waals surface area contributed by atoms with Crippen molar-refractivity contribution < 1.29 is 14.3 Å². The summed E-state index contributed by atoms with van der Waals surface area (Å²) in [4.78, 5) is 24.3. The molecule has 1 N–H and O–H groups in total. The number of aromatic nitrogens is 2. The van der Waals surface area contributed by atoms with Crippen molar-refractivity contribution in [3.63, 3.8) is 0 Å². The maximum absolute atomic E-state index is 12.2. The van der Waals surface area contributed by atoms with Crippen LogP contribution in [0.25, 0.3) is 11.3 Å². The Hall–Kier alpha value is -3.61. The van der Waals surface area contributed by atoms with Gasteiger partial charge in [0.1, 0.15) is 11.5 Å². The van der Waals surface area contributed by atoms with Crippen molar-refractivity contribution in [2.24, 2.45) is 0 Å². The summed E-state index contributed by atoms with van der Waals surface area (Å²) < 4.78 is 12.0. The fourth-order valence-electron chi connectivity index (χ4n) is 2.96. The van der Waals surface area contributed by atoms with Crippen molar-refractivity contribution in [1.82, 2.24) is 9.78 Å². The van der Waals surface area contributed by atoms with Gasteiger partial charge in [0.15, 0.2) is 0 Å².